The van der Waals surface area contributed by atoms with E-state index in [2.05, 4.69) is 0 Å². The first-order valence-electron chi connectivity index (χ1n) is 5.12. The molecule has 0 aromatic carbocycles. The number of hydrogen-bond acceptors (Lipinski definition) is 5. The molecule has 1 aliphatic rings. The summed E-state index contributed by atoms with van der Waals surface area (Å²) in [4.78, 5) is 24.2. The van der Waals surface area contributed by atoms with Crippen LogP contribution in [0.3, 0.4) is 0 Å². The lowest BCUT2D eigenvalue weighted by atomic mass is 10.1. The molecule has 3 atom stereocenters. The molecule has 106 valence electrons. The topological polar surface area (TPSA) is 105 Å². The van der Waals surface area contributed by atoms with E-state index in [-0.39, 0.29) is 0 Å². The number of hydrogen-bond donors (Lipinski definition) is 3. The summed E-state index contributed by atoms with van der Waals surface area (Å²) in [6.45, 7) is -0.848. The Morgan fingerprint density at radius 2 is 2.16 bits per heavy atom. The van der Waals surface area contributed by atoms with E-state index in [1.807, 2.05) is 0 Å². The van der Waals surface area contributed by atoms with Crippen molar-refractivity contribution in [2.75, 3.05) is 6.61 Å². The Morgan fingerprint density at radius 1 is 1.53 bits per heavy atom. The summed E-state index contributed by atoms with van der Waals surface area (Å²) in [5.41, 5.74) is -2.09. The number of H-pyrrole nitrogens is 1. The van der Waals surface area contributed by atoms with Gasteiger partial charge in [-0.1, -0.05) is 11.6 Å². The van der Waals surface area contributed by atoms with E-state index in [1.165, 1.54) is 0 Å². The first-order chi connectivity index (χ1) is 8.78. The maximum atomic E-state index is 13.8. The van der Waals surface area contributed by atoms with Crippen molar-refractivity contribution in [3.8, 4) is 0 Å². The van der Waals surface area contributed by atoms with Crippen molar-refractivity contribution >= 4 is 11.6 Å². The number of aromatic nitrogens is 2. The minimum atomic E-state index is -3.82. The first kappa shape index (κ1) is 14.1. The first-order valence-corrected chi connectivity index (χ1v) is 5.50. The molecule has 3 N–H and O–H groups in total. The standard InChI is InChI=1S/C9H9ClF2N2O5/c10-3-1-14(8(18)13-6(3)17)7-9(11,12)5(16)4(2-15)19-7/h1,4-5,7,15-16H,2H2,(H,13,17,18)/t4-,5-,7-/m0/s1. The summed E-state index contributed by atoms with van der Waals surface area (Å²) in [5, 5.41) is 17.6. The minimum absolute atomic E-state index is 0.364. The number of nitrogens with one attached hydrogen (secondary N) is 1. The van der Waals surface area contributed by atoms with Gasteiger partial charge in [-0.3, -0.25) is 14.3 Å². The Morgan fingerprint density at radius 3 is 2.68 bits per heavy atom. The number of aromatic amines is 1. The number of alkyl halides is 2. The number of halogens is 3. The Kier molecular flexibility index (Phi) is 3.47. The van der Waals surface area contributed by atoms with Crippen molar-refractivity contribution in [1.82, 2.24) is 9.55 Å². The van der Waals surface area contributed by atoms with Crippen molar-refractivity contribution in [3.63, 3.8) is 0 Å². The van der Waals surface area contributed by atoms with Gasteiger partial charge < -0.3 is 14.9 Å². The van der Waals surface area contributed by atoms with E-state index in [4.69, 9.17) is 21.4 Å². The quantitative estimate of drug-likeness (QED) is 0.655. The second-order valence-electron chi connectivity index (χ2n) is 3.97. The van der Waals surface area contributed by atoms with E-state index in [1.54, 1.807) is 4.98 Å². The Labute approximate surface area is 109 Å². The molecule has 10 heteroatoms. The van der Waals surface area contributed by atoms with Crippen LogP contribution in [0.25, 0.3) is 0 Å². The smallest absolute Gasteiger partial charge is 0.330 e. The molecule has 0 aliphatic carbocycles. The third-order valence-corrected chi connectivity index (χ3v) is 3.01. The van der Waals surface area contributed by atoms with Gasteiger partial charge in [0.1, 0.15) is 11.1 Å². The predicted molar refractivity (Wildman–Crippen MR) is 58.3 cm³/mol. The monoisotopic (exact) mass is 298 g/mol. The summed E-state index contributed by atoms with van der Waals surface area (Å²) in [6.07, 6.45) is -5.30. The SMILES string of the molecule is O=c1[nH]c(=O)n([C@H]2O[C@@H](CO)[C@H](O)C2(F)F)cc1Cl. The van der Waals surface area contributed by atoms with Crippen molar-refractivity contribution in [2.24, 2.45) is 0 Å². The van der Waals surface area contributed by atoms with E-state index in [9.17, 15) is 23.5 Å². The van der Waals surface area contributed by atoms with Crippen LogP contribution >= 0.6 is 11.6 Å². The Balaban J connectivity index is 2.51. The average molecular weight is 299 g/mol. The number of ether oxygens (including phenoxy) is 1. The van der Waals surface area contributed by atoms with Crippen LogP contribution in [0, 0.1) is 0 Å². The zero-order valence-corrected chi connectivity index (χ0v) is 9.97. The molecule has 0 radical (unpaired) electrons. The van der Waals surface area contributed by atoms with Gasteiger partial charge in [-0.15, -0.1) is 0 Å². The van der Waals surface area contributed by atoms with Gasteiger partial charge in [0.2, 0.25) is 6.23 Å². The summed E-state index contributed by atoms with van der Waals surface area (Å²) in [5.74, 6) is -3.82. The van der Waals surface area contributed by atoms with Crippen LogP contribution in [-0.4, -0.2) is 44.5 Å². The molecule has 0 unspecified atom stereocenters. The maximum Gasteiger partial charge on any atom is 0.330 e. The molecular weight excluding hydrogens is 290 g/mol. The molecule has 0 spiro atoms. The van der Waals surface area contributed by atoms with Crippen LogP contribution in [-0.2, 0) is 4.74 Å². The molecule has 2 heterocycles. The number of nitrogens with zero attached hydrogens (tertiary/aromatic N) is 1. The van der Waals surface area contributed by atoms with Crippen LogP contribution in [0.2, 0.25) is 5.02 Å². The zero-order valence-electron chi connectivity index (χ0n) is 9.22. The summed E-state index contributed by atoms with van der Waals surface area (Å²) in [7, 11) is 0. The van der Waals surface area contributed by atoms with Crippen LogP contribution in [0.4, 0.5) is 8.78 Å². The lowest BCUT2D eigenvalue weighted by Crippen LogP contribution is -2.42. The van der Waals surface area contributed by atoms with Gasteiger partial charge in [-0.25, -0.2) is 4.79 Å². The lowest BCUT2D eigenvalue weighted by molar-refractivity contribution is -0.141. The molecule has 0 amide bonds. The van der Waals surface area contributed by atoms with Crippen molar-refractivity contribution in [3.05, 3.63) is 32.1 Å². The van der Waals surface area contributed by atoms with Gasteiger partial charge in [-0.05, 0) is 0 Å². The molecule has 1 saturated heterocycles. The van der Waals surface area contributed by atoms with Crippen LogP contribution in [0.15, 0.2) is 15.8 Å². The highest BCUT2D eigenvalue weighted by molar-refractivity contribution is 6.30. The number of aliphatic hydroxyl groups is 2. The second-order valence-corrected chi connectivity index (χ2v) is 4.38. The highest BCUT2D eigenvalue weighted by Crippen LogP contribution is 2.41. The molecule has 1 aromatic heterocycles. The highest BCUT2D eigenvalue weighted by atomic mass is 35.5. The Bertz CT molecular complexity index is 601. The van der Waals surface area contributed by atoms with E-state index in [0.717, 1.165) is 0 Å². The molecule has 1 aromatic rings. The van der Waals surface area contributed by atoms with Gasteiger partial charge in [0.05, 0.1) is 6.61 Å². The van der Waals surface area contributed by atoms with Gasteiger partial charge in [-0.2, -0.15) is 8.78 Å². The Hall–Kier alpha value is -1.29. The summed E-state index contributed by atoms with van der Waals surface area (Å²) >= 11 is 5.45. The fourth-order valence-corrected chi connectivity index (χ4v) is 1.91. The van der Waals surface area contributed by atoms with Gasteiger partial charge >= 0.3 is 11.6 Å². The second kappa shape index (κ2) is 4.67. The number of rotatable bonds is 2. The van der Waals surface area contributed by atoms with Gasteiger partial charge in [0.15, 0.2) is 6.10 Å². The van der Waals surface area contributed by atoms with Crippen molar-refractivity contribution < 1.29 is 23.7 Å². The van der Waals surface area contributed by atoms with E-state index in [0.29, 0.717) is 10.8 Å². The average Bonchev–Trinajstić information content (AvgIpc) is 2.56. The van der Waals surface area contributed by atoms with Crippen molar-refractivity contribution in [1.29, 1.82) is 0 Å². The van der Waals surface area contributed by atoms with Crippen LogP contribution < -0.4 is 11.2 Å². The fourth-order valence-electron chi connectivity index (χ4n) is 1.75. The third-order valence-electron chi connectivity index (χ3n) is 2.74. The molecule has 1 fully saturated rings. The molecule has 2 rings (SSSR count). The summed E-state index contributed by atoms with van der Waals surface area (Å²) < 4.78 is 32.6. The highest BCUT2D eigenvalue weighted by Gasteiger charge is 2.59. The van der Waals surface area contributed by atoms with Crippen LogP contribution in [0.1, 0.15) is 6.23 Å². The molecule has 0 bridgehead atoms. The predicted octanol–water partition coefficient (Wildman–Crippen LogP) is -0.924. The lowest BCUT2D eigenvalue weighted by Gasteiger charge is -2.21. The number of aliphatic hydroxyl groups excluding tert-OH is 2. The maximum absolute atomic E-state index is 13.8. The fraction of sp³-hybridized carbons (Fsp3) is 0.556. The molecule has 19 heavy (non-hydrogen) atoms. The zero-order chi connectivity index (χ0) is 14.4. The molecule has 1 aliphatic heterocycles. The van der Waals surface area contributed by atoms with Crippen molar-refractivity contribution in [2.45, 2.75) is 24.4 Å². The van der Waals surface area contributed by atoms with Crippen LogP contribution in [0.5, 0.6) is 0 Å². The summed E-state index contributed by atoms with van der Waals surface area (Å²) in [6, 6.07) is 0. The minimum Gasteiger partial charge on any atom is -0.394 e. The molecule has 0 saturated carbocycles. The van der Waals surface area contributed by atoms with E-state index >= 15 is 0 Å². The largest absolute Gasteiger partial charge is 0.394 e. The third kappa shape index (κ3) is 2.18. The van der Waals surface area contributed by atoms with E-state index < -0.39 is 47.2 Å². The van der Waals surface area contributed by atoms with Gasteiger partial charge in [0, 0.05) is 6.20 Å². The molecule has 7 nitrogen and oxygen atoms in total. The molecular formula is C9H9ClF2N2O5. The van der Waals surface area contributed by atoms with Gasteiger partial charge in [0.25, 0.3) is 5.56 Å². The normalized spacial score (nSPS) is 29.6.